The average molecular weight is 571 g/mol. The largest absolute Gasteiger partial charge is 0.352 e. The van der Waals surface area contributed by atoms with Gasteiger partial charge in [-0.3, -0.25) is 13.9 Å². The van der Waals surface area contributed by atoms with Crippen LogP contribution in [0.25, 0.3) is 0 Å². The molecule has 2 aromatic rings. The zero-order chi connectivity index (χ0) is 24.9. The van der Waals surface area contributed by atoms with Gasteiger partial charge in [0.25, 0.3) is 0 Å². The molecule has 0 saturated heterocycles. The van der Waals surface area contributed by atoms with Crippen LogP contribution in [0.3, 0.4) is 0 Å². The van der Waals surface area contributed by atoms with Gasteiger partial charge >= 0.3 is 0 Å². The molecule has 0 radical (unpaired) electrons. The van der Waals surface area contributed by atoms with E-state index in [1.807, 2.05) is 6.07 Å². The number of carbonyl (C=O) groups excluding carboxylic acids is 2. The van der Waals surface area contributed by atoms with Crippen LogP contribution in [-0.4, -0.2) is 50.0 Å². The van der Waals surface area contributed by atoms with Crippen molar-refractivity contribution >= 4 is 55.1 Å². The molecule has 10 heteroatoms. The number of anilines is 1. The van der Waals surface area contributed by atoms with E-state index in [9.17, 15) is 18.0 Å². The van der Waals surface area contributed by atoms with E-state index < -0.39 is 28.5 Å². The zero-order valence-electron chi connectivity index (χ0n) is 19.2. The molecule has 0 spiro atoms. The lowest BCUT2D eigenvalue weighted by Crippen LogP contribution is -2.52. The maximum atomic E-state index is 13.5. The van der Waals surface area contributed by atoms with Gasteiger partial charge < -0.3 is 10.2 Å². The molecule has 34 heavy (non-hydrogen) atoms. The Kier molecular flexibility index (Phi) is 9.01. The molecule has 0 unspecified atom stereocenters. The highest BCUT2D eigenvalue weighted by Crippen LogP contribution is 2.28. The Morgan fingerprint density at radius 3 is 2.44 bits per heavy atom. The molecule has 3 rings (SSSR count). The van der Waals surface area contributed by atoms with Gasteiger partial charge in [-0.1, -0.05) is 48.7 Å². The van der Waals surface area contributed by atoms with E-state index in [0.29, 0.717) is 15.2 Å². The Balaban J connectivity index is 1.89. The van der Waals surface area contributed by atoms with Crippen molar-refractivity contribution in [1.82, 2.24) is 10.2 Å². The topological polar surface area (TPSA) is 86.8 Å². The lowest BCUT2D eigenvalue weighted by atomic mass is 10.1. The molecule has 2 amide bonds. The van der Waals surface area contributed by atoms with Gasteiger partial charge in [0, 0.05) is 22.1 Å². The lowest BCUT2D eigenvalue weighted by molar-refractivity contribution is -0.139. The van der Waals surface area contributed by atoms with Gasteiger partial charge in [-0.15, -0.1) is 0 Å². The number of hydrogen-bond acceptors (Lipinski definition) is 4. The van der Waals surface area contributed by atoms with E-state index >= 15 is 0 Å². The molecule has 2 aromatic carbocycles. The van der Waals surface area contributed by atoms with Crippen molar-refractivity contribution in [2.75, 3.05) is 17.1 Å². The summed E-state index contributed by atoms with van der Waals surface area (Å²) in [4.78, 5) is 28.0. The highest BCUT2D eigenvalue weighted by atomic mass is 79.9. The predicted molar refractivity (Wildman–Crippen MR) is 138 cm³/mol. The number of sulfonamides is 1. The van der Waals surface area contributed by atoms with Crippen molar-refractivity contribution < 1.29 is 18.0 Å². The van der Waals surface area contributed by atoms with Crippen LogP contribution < -0.4 is 9.62 Å². The van der Waals surface area contributed by atoms with Crippen LogP contribution in [0.15, 0.2) is 53.0 Å². The van der Waals surface area contributed by atoms with Crippen molar-refractivity contribution in [3.8, 4) is 0 Å². The first-order valence-corrected chi connectivity index (χ1v) is 14.1. The van der Waals surface area contributed by atoms with Gasteiger partial charge in [-0.05, 0) is 65.5 Å². The molecule has 1 N–H and O–H groups in total. The molecule has 1 atom stereocenters. The van der Waals surface area contributed by atoms with Crippen molar-refractivity contribution in [3.63, 3.8) is 0 Å². The van der Waals surface area contributed by atoms with Crippen LogP contribution in [0.1, 0.15) is 38.2 Å². The molecule has 0 aromatic heterocycles. The number of halogens is 2. The minimum atomic E-state index is -3.78. The molecular formula is C24H29BrClN3O4S. The highest BCUT2D eigenvalue weighted by Gasteiger charge is 2.31. The number of para-hydroxylation sites is 1. The van der Waals surface area contributed by atoms with Crippen molar-refractivity contribution in [1.29, 1.82) is 0 Å². The van der Waals surface area contributed by atoms with Crippen LogP contribution in [0.5, 0.6) is 0 Å². The standard InChI is InChI=1S/C24H29BrClN3O4S/c1-17(24(31)27-20-10-3-4-11-20)28(15-18-8-7-9-19(26)14-18)23(30)16-29(34(2,32)33)22-13-6-5-12-21(22)25/h5-9,12-14,17,20H,3-4,10-11,15-16H2,1-2H3,(H,27,31)/t17-/m1/s1. The molecule has 0 bridgehead atoms. The van der Waals surface area contributed by atoms with Crippen molar-refractivity contribution in [2.24, 2.45) is 0 Å². The summed E-state index contributed by atoms with van der Waals surface area (Å²) in [5.74, 6) is -0.746. The van der Waals surface area contributed by atoms with E-state index in [1.54, 1.807) is 49.4 Å². The summed E-state index contributed by atoms with van der Waals surface area (Å²) in [6.07, 6.45) is 5.03. The van der Waals surface area contributed by atoms with E-state index in [-0.39, 0.29) is 18.5 Å². The van der Waals surface area contributed by atoms with Gasteiger partial charge in [0.2, 0.25) is 21.8 Å². The van der Waals surface area contributed by atoms with Crippen molar-refractivity contribution in [3.05, 3.63) is 63.6 Å². The summed E-state index contributed by atoms with van der Waals surface area (Å²) in [5.41, 5.74) is 1.09. The fourth-order valence-electron chi connectivity index (χ4n) is 4.06. The summed E-state index contributed by atoms with van der Waals surface area (Å²) < 4.78 is 26.8. The minimum absolute atomic E-state index is 0.103. The Morgan fingerprint density at radius 2 is 1.82 bits per heavy atom. The van der Waals surface area contributed by atoms with Gasteiger partial charge in [-0.25, -0.2) is 8.42 Å². The van der Waals surface area contributed by atoms with Gasteiger partial charge in [0.1, 0.15) is 12.6 Å². The quantitative estimate of drug-likeness (QED) is 0.486. The summed E-state index contributed by atoms with van der Waals surface area (Å²) in [5, 5.41) is 3.55. The number of carbonyl (C=O) groups is 2. The van der Waals surface area contributed by atoms with Crippen LogP contribution in [0, 0.1) is 0 Å². The van der Waals surface area contributed by atoms with Crippen molar-refractivity contribution in [2.45, 2.75) is 51.2 Å². The lowest BCUT2D eigenvalue weighted by Gasteiger charge is -2.32. The van der Waals surface area contributed by atoms with Crippen LogP contribution in [-0.2, 0) is 26.2 Å². The van der Waals surface area contributed by atoms with Gasteiger partial charge in [0.15, 0.2) is 0 Å². The maximum absolute atomic E-state index is 13.5. The fraction of sp³-hybridized carbons (Fsp3) is 0.417. The molecule has 7 nitrogen and oxygen atoms in total. The first-order valence-electron chi connectivity index (χ1n) is 11.1. The smallest absolute Gasteiger partial charge is 0.244 e. The Bertz CT molecular complexity index is 1140. The van der Waals surface area contributed by atoms with Gasteiger partial charge in [0.05, 0.1) is 11.9 Å². The highest BCUT2D eigenvalue weighted by molar-refractivity contribution is 9.10. The maximum Gasteiger partial charge on any atom is 0.244 e. The molecule has 184 valence electrons. The van der Waals surface area contributed by atoms with Crippen LogP contribution in [0.4, 0.5) is 5.69 Å². The first kappa shape index (κ1) is 26.5. The third-order valence-electron chi connectivity index (χ3n) is 5.91. The number of hydrogen-bond donors (Lipinski definition) is 1. The van der Waals surface area contributed by atoms with E-state index in [0.717, 1.165) is 41.8 Å². The molecule has 0 heterocycles. The second kappa shape index (κ2) is 11.6. The normalized spacial score (nSPS) is 15.1. The molecule has 1 aliphatic carbocycles. The Morgan fingerprint density at radius 1 is 1.15 bits per heavy atom. The molecule has 0 aliphatic heterocycles. The monoisotopic (exact) mass is 569 g/mol. The number of rotatable bonds is 9. The molecule has 1 saturated carbocycles. The SMILES string of the molecule is C[C@H](C(=O)NC1CCCC1)N(Cc1cccc(Cl)c1)C(=O)CN(c1ccccc1Br)S(C)(=O)=O. The number of nitrogens with zero attached hydrogens (tertiary/aromatic N) is 2. The summed E-state index contributed by atoms with van der Waals surface area (Å²) >= 11 is 9.50. The fourth-order valence-corrected chi connectivity index (χ4v) is 5.75. The number of nitrogens with one attached hydrogen (secondary N) is 1. The summed E-state index contributed by atoms with van der Waals surface area (Å²) in [6, 6.07) is 13.1. The summed E-state index contributed by atoms with van der Waals surface area (Å²) in [7, 11) is -3.78. The van der Waals surface area contributed by atoms with Crippen LogP contribution in [0.2, 0.25) is 5.02 Å². The first-order chi connectivity index (χ1) is 16.1. The molecular weight excluding hydrogens is 542 g/mol. The zero-order valence-corrected chi connectivity index (χ0v) is 22.4. The number of benzene rings is 2. The van der Waals surface area contributed by atoms with Crippen LogP contribution >= 0.6 is 27.5 Å². The van der Waals surface area contributed by atoms with Gasteiger partial charge in [-0.2, -0.15) is 0 Å². The Labute approximate surface area is 214 Å². The number of amides is 2. The van der Waals surface area contributed by atoms with E-state index in [4.69, 9.17) is 11.6 Å². The second-order valence-corrected chi connectivity index (χ2v) is 11.7. The third-order valence-corrected chi connectivity index (χ3v) is 7.94. The Hall–Kier alpha value is -2.10. The van der Waals surface area contributed by atoms with E-state index in [2.05, 4.69) is 21.2 Å². The predicted octanol–water partition coefficient (Wildman–Crippen LogP) is 4.34. The minimum Gasteiger partial charge on any atom is -0.352 e. The third kappa shape index (κ3) is 6.96. The summed E-state index contributed by atoms with van der Waals surface area (Å²) in [6.45, 7) is 1.34. The van der Waals surface area contributed by atoms with E-state index in [1.165, 1.54) is 4.90 Å². The second-order valence-electron chi connectivity index (χ2n) is 8.54. The molecule has 1 aliphatic rings. The molecule has 1 fully saturated rings. The average Bonchev–Trinajstić information content (AvgIpc) is 3.28.